The fraction of sp³-hybridized carbons (Fsp3) is 0.280. The summed E-state index contributed by atoms with van der Waals surface area (Å²) in [7, 11) is 2.27. The number of hydrogen-bond acceptors (Lipinski definition) is 7. The van der Waals surface area contributed by atoms with Crippen molar-refractivity contribution in [1.29, 1.82) is 10.5 Å². The van der Waals surface area contributed by atoms with Crippen LogP contribution in [0.15, 0.2) is 65.9 Å². The zero-order chi connectivity index (χ0) is 23.5. The molecule has 32 heavy (non-hydrogen) atoms. The summed E-state index contributed by atoms with van der Waals surface area (Å²) >= 11 is 0. The van der Waals surface area contributed by atoms with Crippen LogP contribution in [0.4, 0.5) is 0 Å². The standard InChI is InChI=1S/C25H22N2O5/c1-15-9-11-17(12-10-15)21-19(24(30)32-3)22(28)18(23(29)31-2)20(25(21,13-26)14-27)16-7-5-4-6-8-16/h4-12,18,20-21,28H,1-3H3/t18-,20-,21-/m0/s1. The molecule has 0 saturated heterocycles. The highest BCUT2D eigenvalue weighted by molar-refractivity contribution is 5.94. The van der Waals surface area contributed by atoms with E-state index in [1.165, 1.54) is 0 Å². The molecule has 1 N–H and O–H groups in total. The molecule has 0 unspecified atom stereocenters. The number of nitriles is 2. The molecule has 2 aromatic carbocycles. The quantitative estimate of drug-likeness (QED) is 0.735. The number of aryl methyl sites for hydroxylation is 1. The lowest BCUT2D eigenvalue weighted by atomic mass is 9.54. The number of methoxy groups -OCH3 is 2. The molecule has 3 atom stereocenters. The molecule has 0 saturated carbocycles. The van der Waals surface area contributed by atoms with Gasteiger partial charge in [0.05, 0.1) is 37.8 Å². The summed E-state index contributed by atoms with van der Waals surface area (Å²) in [6, 6.07) is 19.7. The van der Waals surface area contributed by atoms with Crippen molar-refractivity contribution in [2.75, 3.05) is 14.2 Å². The molecule has 0 aliphatic heterocycles. The third-order valence-electron chi connectivity index (χ3n) is 5.94. The Morgan fingerprint density at radius 2 is 1.53 bits per heavy atom. The van der Waals surface area contributed by atoms with Gasteiger partial charge in [-0.15, -0.1) is 0 Å². The molecule has 0 amide bonds. The van der Waals surface area contributed by atoms with Crippen molar-refractivity contribution in [2.45, 2.75) is 18.8 Å². The molecule has 162 valence electrons. The largest absolute Gasteiger partial charge is 0.511 e. The summed E-state index contributed by atoms with van der Waals surface area (Å²) in [5.41, 5.74) is -0.343. The highest BCUT2D eigenvalue weighted by Crippen LogP contribution is 2.58. The summed E-state index contributed by atoms with van der Waals surface area (Å²) < 4.78 is 9.80. The Bertz CT molecular complexity index is 1130. The first-order valence-electron chi connectivity index (χ1n) is 9.89. The molecule has 0 aromatic heterocycles. The number of aliphatic hydroxyl groups excluding tert-OH is 1. The van der Waals surface area contributed by atoms with Gasteiger partial charge in [-0.3, -0.25) is 4.79 Å². The Kier molecular flexibility index (Phi) is 6.32. The average molecular weight is 430 g/mol. The van der Waals surface area contributed by atoms with Gasteiger partial charge in [0.25, 0.3) is 0 Å². The summed E-state index contributed by atoms with van der Waals surface area (Å²) in [5, 5.41) is 32.1. The maximum absolute atomic E-state index is 12.8. The minimum absolute atomic E-state index is 0.304. The van der Waals surface area contributed by atoms with Crippen LogP contribution in [0.25, 0.3) is 0 Å². The van der Waals surface area contributed by atoms with Crippen molar-refractivity contribution >= 4 is 11.9 Å². The van der Waals surface area contributed by atoms with E-state index in [-0.39, 0.29) is 5.57 Å². The van der Waals surface area contributed by atoms with Crippen molar-refractivity contribution in [1.82, 2.24) is 0 Å². The normalized spacial score (nSPS) is 21.7. The van der Waals surface area contributed by atoms with Crippen LogP contribution in [0.2, 0.25) is 0 Å². The number of carbonyl (C=O) groups is 2. The number of aliphatic hydroxyl groups is 1. The van der Waals surface area contributed by atoms with Crippen molar-refractivity contribution in [2.24, 2.45) is 11.3 Å². The van der Waals surface area contributed by atoms with E-state index in [1.807, 2.05) is 6.92 Å². The van der Waals surface area contributed by atoms with E-state index in [9.17, 15) is 25.2 Å². The molecule has 1 aliphatic rings. The maximum Gasteiger partial charge on any atom is 0.337 e. The highest BCUT2D eigenvalue weighted by Gasteiger charge is 2.61. The average Bonchev–Trinajstić information content (AvgIpc) is 2.83. The first-order chi connectivity index (χ1) is 15.4. The van der Waals surface area contributed by atoms with E-state index < -0.39 is 40.9 Å². The van der Waals surface area contributed by atoms with Crippen molar-refractivity contribution in [3.63, 3.8) is 0 Å². The number of hydrogen-bond donors (Lipinski definition) is 1. The van der Waals surface area contributed by atoms with Gasteiger partial charge in [-0.1, -0.05) is 60.2 Å². The van der Waals surface area contributed by atoms with Gasteiger partial charge in [-0.2, -0.15) is 10.5 Å². The van der Waals surface area contributed by atoms with Gasteiger partial charge in [-0.25, -0.2) is 4.79 Å². The summed E-state index contributed by atoms with van der Waals surface area (Å²) in [4.78, 5) is 25.7. The van der Waals surface area contributed by atoms with Gasteiger partial charge in [0.1, 0.15) is 11.7 Å². The molecule has 7 heteroatoms. The number of carbonyl (C=O) groups excluding carboxylic acids is 2. The lowest BCUT2D eigenvalue weighted by Crippen LogP contribution is -2.47. The molecule has 1 aliphatic carbocycles. The Hall–Kier alpha value is -4.10. The first-order valence-corrected chi connectivity index (χ1v) is 9.89. The molecule has 0 bridgehead atoms. The summed E-state index contributed by atoms with van der Waals surface area (Å²) in [6.07, 6.45) is 0. The van der Waals surface area contributed by atoms with Gasteiger partial charge in [0.2, 0.25) is 0 Å². The number of rotatable bonds is 4. The minimum Gasteiger partial charge on any atom is -0.511 e. The van der Waals surface area contributed by atoms with Gasteiger partial charge in [0.15, 0.2) is 5.41 Å². The number of esters is 2. The van der Waals surface area contributed by atoms with Crippen LogP contribution in [0.1, 0.15) is 28.5 Å². The third kappa shape index (κ3) is 3.48. The zero-order valence-corrected chi connectivity index (χ0v) is 17.9. The van der Waals surface area contributed by atoms with E-state index in [2.05, 4.69) is 12.1 Å². The van der Waals surface area contributed by atoms with Crippen LogP contribution in [0, 0.1) is 40.9 Å². The lowest BCUT2D eigenvalue weighted by Gasteiger charge is -2.44. The van der Waals surface area contributed by atoms with E-state index in [1.54, 1.807) is 54.6 Å². The van der Waals surface area contributed by atoms with Gasteiger partial charge >= 0.3 is 11.9 Å². The SMILES string of the molecule is COC(=O)C1=C(O)[C@@H](C(=O)OC)[C@H](c2ccccc2)C(C#N)(C#N)[C@H]1c1ccc(C)cc1. The number of nitrogens with zero attached hydrogens (tertiary/aromatic N) is 2. The first kappa shape index (κ1) is 22.6. The van der Waals surface area contributed by atoms with Crippen molar-refractivity contribution < 1.29 is 24.2 Å². The highest BCUT2D eigenvalue weighted by atomic mass is 16.5. The van der Waals surface area contributed by atoms with Crippen LogP contribution in [-0.2, 0) is 19.1 Å². The lowest BCUT2D eigenvalue weighted by molar-refractivity contribution is -0.147. The fourth-order valence-corrected chi connectivity index (χ4v) is 4.45. The monoisotopic (exact) mass is 430 g/mol. The molecule has 0 heterocycles. The second-order valence-electron chi connectivity index (χ2n) is 7.62. The number of benzene rings is 2. The second kappa shape index (κ2) is 8.95. The topological polar surface area (TPSA) is 120 Å². The maximum atomic E-state index is 12.8. The van der Waals surface area contributed by atoms with Crippen LogP contribution < -0.4 is 0 Å². The molecule has 0 spiro atoms. The Morgan fingerprint density at radius 1 is 0.938 bits per heavy atom. The zero-order valence-electron chi connectivity index (χ0n) is 17.9. The van der Waals surface area contributed by atoms with Crippen molar-refractivity contribution in [3.8, 4) is 12.1 Å². The third-order valence-corrected chi connectivity index (χ3v) is 5.94. The Balaban J connectivity index is 2.47. The van der Waals surface area contributed by atoms with Crippen LogP contribution in [0.5, 0.6) is 0 Å². The molecular formula is C25H22N2O5. The molecule has 3 rings (SSSR count). The van der Waals surface area contributed by atoms with Gasteiger partial charge in [0, 0.05) is 5.92 Å². The van der Waals surface area contributed by atoms with Crippen LogP contribution in [-0.4, -0.2) is 31.3 Å². The molecule has 7 nitrogen and oxygen atoms in total. The van der Waals surface area contributed by atoms with Crippen molar-refractivity contribution in [3.05, 3.63) is 82.6 Å². The molecule has 2 aromatic rings. The van der Waals surface area contributed by atoms with Gasteiger partial charge < -0.3 is 14.6 Å². The van der Waals surface area contributed by atoms with E-state index in [0.717, 1.165) is 19.8 Å². The van der Waals surface area contributed by atoms with Gasteiger partial charge in [-0.05, 0) is 18.1 Å². The Labute approximate surface area is 186 Å². The predicted octanol–water partition coefficient (Wildman–Crippen LogP) is 3.68. The van der Waals surface area contributed by atoms with E-state index in [4.69, 9.17) is 9.47 Å². The second-order valence-corrected chi connectivity index (χ2v) is 7.62. The minimum atomic E-state index is -1.93. The fourth-order valence-electron chi connectivity index (χ4n) is 4.45. The smallest absolute Gasteiger partial charge is 0.337 e. The van der Waals surface area contributed by atoms with Crippen LogP contribution in [0.3, 0.4) is 0 Å². The Morgan fingerprint density at radius 3 is 2.03 bits per heavy atom. The van der Waals surface area contributed by atoms with Crippen LogP contribution >= 0.6 is 0 Å². The summed E-state index contributed by atoms with van der Waals surface area (Å²) in [6.45, 7) is 1.88. The molecule has 0 fully saturated rings. The molecule has 0 radical (unpaired) electrons. The molecular weight excluding hydrogens is 408 g/mol. The van der Waals surface area contributed by atoms with E-state index in [0.29, 0.717) is 11.1 Å². The summed E-state index contributed by atoms with van der Waals surface area (Å²) in [5.74, 6) is -6.08. The number of ether oxygens (including phenoxy) is 2. The predicted molar refractivity (Wildman–Crippen MR) is 114 cm³/mol. The van der Waals surface area contributed by atoms with E-state index >= 15 is 0 Å².